The zero-order valence-electron chi connectivity index (χ0n) is 24.6. The first-order valence-corrected chi connectivity index (χ1v) is 15.0. The van der Waals surface area contributed by atoms with Gasteiger partial charge in [0, 0.05) is 38.5 Å². The summed E-state index contributed by atoms with van der Waals surface area (Å²) in [6.45, 7) is 2.02. The minimum absolute atomic E-state index is 0.0144. The van der Waals surface area contributed by atoms with E-state index in [1.54, 1.807) is 11.7 Å². The van der Waals surface area contributed by atoms with Gasteiger partial charge in [0.25, 0.3) is 11.8 Å². The molecule has 4 unspecified atom stereocenters. The van der Waals surface area contributed by atoms with Gasteiger partial charge in [-0.15, -0.1) is 0 Å². The van der Waals surface area contributed by atoms with Crippen LogP contribution in [0.15, 0.2) is 59.5 Å². The number of amides is 2. The van der Waals surface area contributed by atoms with Crippen LogP contribution in [-0.4, -0.2) is 65.2 Å². The van der Waals surface area contributed by atoms with Gasteiger partial charge in [0.2, 0.25) is 5.43 Å². The smallest absolute Gasteiger partial charge is 0.276 e. The number of benzene rings is 2. The van der Waals surface area contributed by atoms with Crippen molar-refractivity contribution in [3.05, 3.63) is 99.0 Å². The molecular formula is C33H36F2N4O5. The van der Waals surface area contributed by atoms with Crippen molar-refractivity contribution in [2.24, 2.45) is 17.6 Å². The van der Waals surface area contributed by atoms with Crippen molar-refractivity contribution in [2.75, 3.05) is 26.8 Å². The first kappa shape index (κ1) is 30.0. The predicted octanol–water partition coefficient (Wildman–Crippen LogP) is 3.58. The van der Waals surface area contributed by atoms with Crippen molar-refractivity contribution in [1.82, 2.24) is 14.4 Å². The van der Waals surface area contributed by atoms with E-state index >= 15 is 0 Å². The van der Waals surface area contributed by atoms with Crippen LogP contribution in [0.5, 0.6) is 5.75 Å². The molecule has 0 bridgehead atoms. The van der Waals surface area contributed by atoms with Crippen molar-refractivity contribution in [1.29, 1.82) is 0 Å². The number of carbonyl (C=O) groups excluding carboxylic acids is 2. The number of primary amides is 1. The third-order valence-corrected chi connectivity index (χ3v) is 9.26. The molecule has 3 aromatic rings. The number of nitrogens with zero attached hydrogens (tertiary/aromatic N) is 3. The monoisotopic (exact) mass is 606 g/mol. The third-order valence-electron chi connectivity index (χ3n) is 9.26. The molecule has 0 radical (unpaired) electrons. The summed E-state index contributed by atoms with van der Waals surface area (Å²) >= 11 is 0. The molecule has 9 nitrogen and oxygen atoms in total. The molecular weight excluding hydrogens is 570 g/mol. The SMILES string of the molecule is COCCN1CC2CCCC(Cc3ccc(F)cc3F)C2N2C(=O)c3c(OCc4ccccc4)c(=O)c(C(N)=O)cn3CC12. The molecule has 6 rings (SSSR count). The van der Waals surface area contributed by atoms with E-state index in [0.717, 1.165) is 30.9 Å². The van der Waals surface area contributed by atoms with Crippen molar-refractivity contribution in [3.8, 4) is 5.75 Å². The lowest BCUT2D eigenvalue weighted by atomic mass is 9.71. The molecule has 1 saturated heterocycles. The van der Waals surface area contributed by atoms with Crippen molar-refractivity contribution in [3.63, 3.8) is 0 Å². The van der Waals surface area contributed by atoms with Crippen LogP contribution >= 0.6 is 0 Å². The molecule has 4 atom stereocenters. The number of hydrogen-bond acceptors (Lipinski definition) is 6. The molecule has 11 heteroatoms. The van der Waals surface area contributed by atoms with E-state index in [0.29, 0.717) is 31.7 Å². The summed E-state index contributed by atoms with van der Waals surface area (Å²) in [5, 5.41) is 0. The van der Waals surface area contributed by atoms with Crippen LogP contribution in [0.3, 0.4) is 0 Å². The molecule has 2 amide bonds. The van der Waals surface area contributed by atoms with Gasteiger partial charge in [0.15, 0.2) is 11.4 Å². The number of ether oxygens (including phenoxy) is 2. The number of nitrogens with two attached hydrogens (primary N) is 1. The first-order valence-electron chi connectivity index (χ1n) is 15.0. The van der Waals surface area contributed by atoms with Crippen LogP contribution in [0.2, 0.25) is 0 Å². The number of methoxy groups -OCH3 is 1. The Morgan fingerprint density at radius 2 is 1.86 bits per heavy atom. The number of hydrogen-bond donors (Lipinski definition) is 1. The van der Waals surface area contributed by atoms with E-state index in [-0.39, 0.29) is 53.9 Å². The summed E-state index contributed by atoms with van der Waals surface area (Å²) in [7, 11) is 1.62. The summed E-state index contributed by atoms with van der Waals surface area (Å²) in [5.74, 6) is -2.71. The Labute approximate surface area is 254 Å². The summed E-state index contributed by atoms with van der Waals surface area (Å²) in [4.78, 5) is 44.6. The molecule has 2 fully saturated rings. The van der Waals surface area contributed by atoms with Gasteiger partial charge >= 0.3 is 0 Å². The largest absolute Gasteiger partial charge is 0.483 e. The second-order valence-corrected chi connectivity index (χ2v) is 11.9. The molecule has 44 heavy (non-hydrogen) atoms. The molecule has 2 aliphatic heterocycles. The van der Waals surface area contributed by atoms with Gasteiger partial charge in [-0.2, -0.15) is 0 Å². The fourth-order valence-corrected chi connectivity index (χ4v) is 7.28. The number of carbonyl (C=O) groups is 2. The molecule has 232 valence electrons. The number of halogens is 2. The molecule has 1 saturated carbocycles. The van der Waals surface area contributed by atoms with Crippen LogP contribution in [-0.2, 0) is 24.3 Å². The van der Waals surface area contributed by atoms with Gasteiger partial charge in [-0.3, -0.25) is 19.3 Å². The number of fused-ring (bicyclic) bond motifs is 4. The third kappa shape index (κ3) is 5.61. The van der Waals surface area contributed by atoms with Gasteiger partial charge in [0.05, 0.1) is 13.2 Å². The minimum atomic E-state index is -0.904. The lowest BCUT2D eigenvalue weighted by Gasteiger charge is -2.57. The Bertz CT molecular complexity index is 1610. The van der Waals surface area contributed by atoms with Crippen LogP contribution in [0.1, 0.15) is 51.2 Å². The zero-order valence-corrected chi connectivity index (χ0v) is 24.6. The van der Waals surface area contributed by atoms with Crippen molar-refractivity contribution >= 4 is 11.8 Å². The second-order valence-electron chi connectivity index (χ2n) is 11.9. The topological polar surface area (TPSA) is 107 Å². The Balaban J connectivity index is 1.43. The highest BCUT2D eigenvalue weighted by atomic mass is 19.1. The fraction of sp³-hybridized carbons (Fsp3) is 0.424. The van der Waals surface area contributed by atoms with E-state index in [1.807, 2.05) is 35.2 Å². The highest BCUT2D eigenvalue weighted by Gasteiger charge is 2.51. The number of aromatic nitrogens is 1. The van der Waals surface area contributed by atoms with Crippen LogP contribution in [0, 0.1) is 23.5 Å². The lowest BCUT2D eigenvalue weighted by molar-refractivity contribution is -0.0952. The van der Waals surface area contributed by atoms with Gasteiger partial charge < -0.3 is 24.7 Å². The highest BCUT2D eigenvalue weighted by Crippen LogP contribution is 2.43. The summed E-state index contributed by atoms with van der Waals surface area (Å²) in [6, 6.07) is 12.6. The quantitative estimate of drug-likeness (QED) is 0.399. The lowest BCUT2D eigenvalue weighted by Crippen LogP contribution is -2.69. The zero-order chi connectivity index (χ0) is 31.0. The molecule has 2 N–H and O–H groups in total. The van der Waals surface area contributed by atoms with Crippen LogP contribution in [0.4, 0.5) is 8.78 Å². The summed E-state index contributed by atoms with van der Waals surface area (Å²) < 4.78 is 41.6. The molecule has 3 aliphatic rings. The molecule has 0 spiro atoms. The minimum Gasteiger partial charge on any atom is -0.483 e. The normalized spacial score (nSPS) is 23.1. The predicted molar refractivity (Wildman–Crippen MR) is 158 cm³/mol. The number of pyridine rings is 1. The van der Waals surface area contributed by atoms with Crippen LogP contribution in [0.25, 0.3) is 0 Å². The van der Waals surface area contributed by atoms with E-state index in [1.165, 1.54) is 18.3 Å². The molecule has 2 aromatic carbocycles. The maximum atomic E-state index is 14.8. The highest BCUT2D eigenvalue weighted by molar-refractivity contribution is 5.99. The van der Waals surface area contributed by atoms with Crippen molar-refractivity contribution < 1.29 is 27.8 Å². The Kier molecular flexibility index (Phi) is 8.50. The first-order chi connectivity index (χ1) is 21.3. The Morgan fingerprint density at radius 1 is 1.07 bits per heavy atom. The van der Waals surface area contributed by atoms with Gasteiger partial charge in [-0.05, 0) is 48.3 Å². The van der Waals surface area contributed by atoms with Crippen molar-refractivity contribution in [2.45, 2.75) is 51.0 Å². The number of rotatable bonds is 9. The summed E-state index contributed by atoms with van der Waals surface area (Å²) in [6.07, 6.45) is 3.89. The molecule has 1 aliphatic carbocycles. The second kappa shape index (κ2) is 12.5. The maximum absolute atomic E-state index is 14.8. The van der Waals surface area contributed by atoms with Gasteiger partial charge in [-0.25, -0.2) is 8.78 Å². The van der Waals surface area contributed by atoms with Crippen LogP contribution < -0.4 is 15.9 Å². The standard InChI is InChI=1S/C33H36F2N4O5/c1-43-13-12-37-16-23-9-5-8-22(14-21-10-11-24(34)15-26(21)35)28(23)39-27(37)18-38-17-25(32(36)41)30(40)31(29(38)33(39)42)44-19-20-6-3-2-4-7-20/h2-4,6-7,10-11,15,17,22-23,27-28H,5,8-9,12-14,16,18-19H2,1H3,(H2,36,41). The van der Waals surface area contributed by atoms with E-state index in [4.69, 9.17) is 15.2 Å². The fourth-order valence-electron chi connectivity index (χ4n) is 7.28. The van der Waals surface area contributed by atoms with E-state index in [2.05, 4.69) is 4.90 Å². The Hall–Kier alpha value is -4.09. The van der Waals surface area contributed by atoms with E-state index in [9.17, 15) is 23.2 Å². The molecule has 3 heterocycles. The van der Waals surface area contributed by atoms with E-state index < -0.39 is 29.1 Å². The van der Waals surface area contributed by atoms with Gasteiger partial charge in [-0.1, -0.05) is 42.8 Å². The summed E-state index contributed by atoms with van der Waals surface area (Å²) in [5.41, 5.74) is 5.88. The average molecular weight is 607 g/mol. The Morgan fingerprint density at radius 3 is 2.59 bits per heavy atom. The van der Waals surface area contributed by atoms with Gasteiger partial charge in [0.1, 0.15) is 30.0 Å². The maximum Gasteiger partial charge on any atom is 0.276 e. The average Bonchev–Trinajstić information content (AvgIpc) is 3.01. The molecule has 1 aromatic heterocycles.